The van der Waals surface area contributed by atoms with Gasteiger partial charge in [-0.2, -0.15) is 0 Å². The topological polar surface area (TPSA) is 69.9 Å². The summed E-state index contributed by atoms with van der Waals surface area (Å²) < 4.78 is 77.5. The predicted octanol–water partition coefficient (Wildman–Crippen LogP) is 17.9. The van der Waals surface area contributed by atoms with Crippen LogP contribution in [0.2, 0.25) is 0 Å². The van der Waals surface area contributed by atoms with Gasteiger partial charge in [0.15, 0.2) is 17.5 Å². The summed E-state index contributed by atoms with van der Waals surface area (Å²) in [6.45, 7) is 0. The Morgan fingerprint density at radius 2 is 0.877 bits per heavy atom. The Labute approximate surface area is 428 Å². The summed E-state index contributed by atoms with van der Waals surface area (Å²) in [6.07, 6.45) is 0. The van der Waals surface area contributed by atoms with E-state index in [1.165, 1.54) is 6.07 Å². The van der Waals surface area contributed by atoms with E-state index in [1.807, 2.05) is 97.1 Å². The van der Waals surface area contributed by atoms with E-state index in [1.54, 1.807) is 16.7 Å². The monoisotopic (exact) mass is 939 g/mol. The summed E-state index contributed by atoms with van der Waals surface area (Å²) in [4.78, 5) is 15.7. The number of hydrogen-bond donors (Lipinski definition) is 0. The quantitative estimate of drug-likeness (QED) is 0.159. The van der Waals surface area contributed by atoms with E-state index in [0.29, 0.717) is 28.5 Å². The van der Waals surface area contributed by atoms with E-state index in [2.05, 4.69) is 84.9 Å². The molecule has 73 heavy (non-hydrogen) atoms. The van der Waals surface area contributed by atoms with E-state index in [0.717, 1.165) is 93.6 Å². The SMILES string of the molecule is [2H]c1cc([2H])c2c(c1[2H])c1c([2H])c([2H])c([2H])c([2H])c1n2-c1ccccc1-c1nc(-c2cccc(-c3cccc4c3oc3ccc(-c5cccc6c5oc5ccccc56)cc34)c2)nc(-c2ccc3cc(-c4ccccc4)ccc3c2)n1. The summed E-state index contributed by atoms with van der Waals surface area (Å²) in [6, 6.07) is 63.7. The fraction of sp³-hybridized carbons (Fsp3) is 0. The molecule has 0 unspecified atom stereocenters. The van der Waals surface area contributed by atoms with Gasteiger partial charge in [0.2, 0.25) is 0 Å². The van der Waals surface area contributed by atoms with Gasteiger partial charge in [0, 0.05) is 60.1 Å². The van der Waals surface area contributed by atoms with Crippen molar-refractivity contribution in [2.45, 2.75) is 0 Å². The van der Waals surface area contributed by atoms with Gasteiger partial charge in [-0.25, -0.2) is 15.0 Å². The first-order valence-electron chi connectivity index (χ1n) is 27.5. The van der Waals surface area contributed by atoms with Crippen molar-refractivity contribution in [3.8, 4) is 73.2 Å². The third-order valence-corrected chi connectivity index (χ3v) is 14.0. The zero-order valence-electron chi connectivity index (χ0n) is 45.7. The molecule has 0 aliphatic carbocycles. The Hall–Kier alpha value is -9.91. The van der Waals surface area contributed by atoms with Crippen molar-refractivity contribution in [2.24, 2.45) is 0 Å². The molecule has 0 saturated carbocycles. The number of fused-ring (bicyclic) bond motifs is 10. The van der Waals surface area contributed by atoms with E-state index < -0.39 is 12.1 Å². The summed E-state index contributed by atoms with van der Waals surface area (Å²) in [5, 5.41) is 6.21. The van der Waals surface area contributed by atoms with Gasteiger partial charge in [-0.3, -0.25) is 0 Å². The standard InChI is InChI=1S/C67H40N4O2/c1-2-15-41(16-3-1)42-31-32-44-38-48(34-33-43(44)37-42)66-68-65(69-67(70-66)56-22-6-10-29-60(56)71-58-27-8-4-19-51(58)52-20-5-9-28-59(52)71)47-18-12-17-45(39-47)49-23-14-26-55-57-40-46(35-36-62(57)73-64(49)55)50-24-13-25-54-53-21-7-11-30-61(53)72-63(50)54/h1-40H/i4D,5D,8D,19D,20D,27D,28D. The van der Waals surface area contributed by atoms with Crippen molar-refractivity contribution in [2.75, 3.05) is 0 Å². The second-order valence-corrected chi connectivity index (χ2v) is 18.2. The molecule has 4 aromatic heterocycles. The molecule has 340 valence electrons. The first-order chi connectivity index (χ1) is 39.1. The van der Waals surface area contributed by atoms with Crippen LogP contribution in [0, 0.1) is 0 Å². The fourth-order valence-corrected chi connectivity index (χ4v) is 10.5. The van der Waals surface area contributed by atoms with Gasteiger partial charge in [0.05, 0.1) is 26.3 Å². The fourth-order valence-electron chi connectivity index (χ4n) is 10.5. The number of nitrogens with zero attached hydrogens (tertiary/aromatic N) is 4. The number of aromatic nitrogens is 4. The van der Waals surface area contributed by atoms with Crippen LogP contribution in [-0.2, 0) is 0 Å². The minimum absolute atomic E-state index is 0.0500. The maximum Gasteiger partial charge on any atom is 0.166 e. The molecule has 15 rings (SSSR count). The normalized spacial score (nSPS) is 13.2. The molecule has 0 spiro atoms. The molecule has 4 heterocycles. The number of furan rings is 2. The summed E-state index contributed by atoms with van der Waals surface area (Å²) in [5.74, 6) is 0.995. The van der Waals surface area contributed by atoms with Gasteiger partial charge in [0.1, 0.15) is 22.3 Å². The molecular formula is C67H40N4O2. The second kappa shape index (κ2) is 16.3. The van der Waals surface area contributed by atoms with Gasteiger partial charge in [-0.05, 0) is 93.6 Å². The molecule has 0 aliphatic heterocycles. The lowest BCUT2D eigenvalue weighted by Crippen LogP contribution is -2.03. The van der Waals surface area contributed by atoms with Crippen molar-refractivity contribution in [1.29, 1.82) is 0 Å². The predicted molar refractivity (Wildman–Crippen MR) is 299 cm³/mol. The highest BCUT2D eigenvalue weighted by molar-refractivity contribution is 6.14. The molecule has 6 nitrogen and oxygen atoms in total. The zero-order chi connectivity index (χ0) is 54.1. The van der Waals surface area contributed by atoms with Crippen LogP contribution in [0.25, 0.3) is 150 Å². The molecule has 0 saturated heterocycles. The third-order valence-electron chi connectivity index (χ3n) is 14.0. The summed E-state index contributed by atoms with van der Waals surface area (Å²) >= 11 is 0. The van der Waals surface area contributed by atoms with Crippen molar-refractivity contribution in [3.05, 3.63) is 242 Å². The van der Waals surface area contributed by atoms with Crippen LogP contribution in [0.1, 0.15) is 9.60 Å². The lowest BCUT2D eigenvalue weighted by Gasteiger charge is -2.15. The maximum atomic E-state index is 9.27. The molecule has 11 aromatic carbocycles. The average Bonchev–Trinajstić information content (AvgIpc) is 4.37. The molecule has 0 aliphatic rings. The van der Waals surface area contributed by atoms with Crippen molar-refractivity contribution in [1.82, 2.24) is 19.5 Å². The Balaban J connectivity index is 0.908. The highest BCUT2D eigenvalue weighted by Crippen LogP contribution is 2.42. The highest BCUT2D eigenvalue weighted by Gasteiger charge is 2.21. The lowest BCUT2D eigenvalue weighted by molar-refractivity contribution is 0.669. The van der Waals surface area contributed by atoms with Crippen LogP contribution in [0.3, 0.4) is 0 Å². The zero-order valence-corrected chi connectivity index (χ0v) is 38.7. The van der Waals surface area contributed by atoms with Gasteiger partial charge in [-0.1, -0.05) is 182 Å². The number of benzene rings is 11. The van der Waals surface area contributed by atoms with E-state index in [-0.39, 0.29) is 57.8 Å². The largest absolute Gasteiger partial charge is 0.455 e. The molecule has 0 fully saturated rings. The molecule has 0 radical (unpaired) electrons. The number of rotatable bonds is 7. The molecule has 0 N–H and O–H groups in total. The second-order valence-electron chi connectivity index (χ2n) is 18.2. The Morgan fingerprint density at radius 3 is 1.70 bits per heavy atom. The Morgan fingerprint density at radius 1 is 0.329 bits per heavy atom. The minimum atomic E-state index is -0.476. The molecule has 0 atom stereocenters. The van der Waals surface area contributed by atoms with Crippen LogP contribution in [0.15, 0.2) is 251 Å². The molecular weight excluding hydrogens is 893 g/mol. The van der Waals surface area contributed by atoms with Gasteiger partial charge < -0.3 is 13.4 Å². The summed E-state index contributed by atoms with van der Waals surface area (Å²) in [7, 11) is 0. The smallest absolute Gasteiger partial charge is 0.166 e. The summed E-state index contributed by atoms with van der Waals surface area (Å²) in [5.41, 5.74) is 11.6. The molecule has 6 heteroatoms. The highest BCUT2D eigenvalue weighted by atomic mass is 16.3. The van der Waals surface area contributed by atoms with Crippen LogP contribution in [0.5, 0.6) is 0 Å². The number of hydrogen-bond acceptors (Lipinski definition) is 5. The lowest BCUT2D eigenvalue weighted by atomic mass is 9.98. The van der Waals surface area contributed by atoms with Crippen LogP contribution in [0.4, 0.5) is 0 Å². The van der Waals surface area contributed by atoms with Gasteiger partial charge >= 0.3 is 0 Å². The maximum absolute atomic E-state index is 9.27. The Bertz CT molecular complexity index is 5130. The third kappa shape index (κ3) is 6.69. The van der Waals surface area contributed by atoms with Gasteiger partial charge in [-0.15, -0.1) is 0 Å². The van der Waals surface area contributed by atoms with Crippen LogP contribution >= 0.6 is 0 Å². The molecule has 15 aromatic rings. The molecule has 0 amide bonds. The van der Waals surface area contributed by atoms with Crippen molar-refractivity contribution < 1.29 is 18.4 Å². The Kier molecular flexibility index (Phi) is 7.70. The first-order valence-corrected chi connectivity index (χ1v) is 24.0. The van der Waals surface area contributed by atoms with E-state index in [9.17, 15) is 2.74 Å². The minimum Gasteiger partial charge on any atom is -0.455 e. The average molecular weight is 940 g/mol. The van der Waals surface area contributed by atoms with Gasteiger partial charge in [0.25, 0.3) is 0 Å². The van der Waals surface area contributed by atoms with E-state index in [4.69, 9.17) is 30.6 Å². The molecule has 0 bridgehead atoms. The van der Waals surface area contributed by atoms with Crippen LogP contribution in [-0.4, -0.2) is 19.5 Å². The van der Waals surface area contributed by atoms with Crippen LogP contribution < -0.4 is 0 Å². The van der Waals surface area contributed by atoms with E-state index >= 15 is 0 Å². The van der Waals surface area contributed by atoms with Crippen molar-refractivity contribution in [3.63, 3.8) is 0 Å². The first kappa shape index (κ1) is 34.4. The number of para-hydroxylation sites is 6. The van der Waals surface area contributed by atoms with Crippen molar-refractivity contribution >= 4 is 76.5 Å².